The molecule has 1 heterocycles. The van der Waals surface area contributed by atoms with E-state index in [-0.39, 0.29) is 5.91 Å². The molecule has 1 aromatic carbocycles. The number of anilines is 1. The Morgan fingerprint density at radius 3 is 2.61 bits per heavy atom. The third-order valence-electron chi connectivity index (χ3n) is 2.45. The van der Waals surface area contributed by atoms with Crippen LogP contribution in [0.25, 0.3) is 0 Å². The molecular weight excluding hydrogens is 294 g/mol. The van der Waals surface area contributed by atoms with Gasteiger partial charge in [-0.15, -0.1) is 0 Å². The first-order valence-corrected chi connectivity index (χ1v) is 6.22. The van der Waals surface area contributed by atoms with Crippen molar-refractivity contribution in [3.05, 3.63) is 52.0 Å². The van der Waals surface area contributed by atoms with Crippen LogP contribution in [0.2, 0.25) is 0 Å². The first-order chi connectivity index (χ1) is 8.56. The zero-order valence-electron chi connectivity index (χ0n) is 10.1. The number of amides is 1. The predicted molar refractivity (Wildman–Crippen MR) is 73.6 cm³/mol. The van der Waals surface area contributed by atoms with Gasteiger partial charge in [0.05, 0.1) is 11.9 Å². The highest BCUT2D eigenvalue weighted by Gasteiger charge is 2.09. The van der Waals surface area contributed by atoms with Gasteiger partial charge in [0, 0.05) is 16.4 Å². The Labute approximate surface area is 114 Å². The molecule has 2 rings (SSSR count). The van der Waals surface area contributed by atoms with Gasteiger partial charge in [0.2, 0.25) is 0 Å². The highest BCUT2D eigenvalue weighted by Crippen LogP contribution is 2.20. The van der Waals surface area contributed by atoms with Gasteiger partial charge in [-0.2, -0.15) is 0 Å². The van der Waals surface area contributed by atoms with Crippen LogP contribution in [0.15, 0.2) is 35.1 Å². The highest BCUT2D eigenvalue weighted by molar-refractivity contribution is 9.10. The van der Waals surface area contributed by atoms with Crippen molar-refractivity contribution in [2.45, 2.75) is 13.8 Å². The fraction of sp³-hybridized carbons (Fsp3) is 0.154. The second-order valence-electron chi connectivity index (χ2n) is 3.96. The maximum absolute atomic E-state index is 11.9. The summed E-state index contributed by atoms with van der Waals surface area (Å²) in [5, 5.41) is 2.81. The summed E-state index contributed by atoms with van der Waals surface area (Å²) < 4.78 is 0.980. The molecule has 5 heteroatoms. The molecule has 0 bridgehead atoms. The Kier molecular flexibility index (Phi) is 3.72. The number of carbonyl (C=O) groups is 1. The highest BCUT2D eigenvalue weighted by atomic mass is 79.9. The Morgan fingerprint density at radius 2 is 2.00 bits per heavy atom. The number of aryl methyl sites for hydroxylation is 2. The van der Waals surface area contributed by atoms with Crippen LogP contribution < -0.4 is 5.32 Å². The monoisotopic (exact) mass is 305 g/mol. The van der Waals surface area contributed by atoms with Crippen molar-refractivity contribution >= 4 is 27.5 Å². The molecule has 1 amide bonds. The molecule has 4 nitrogen and oxygen atoms in total. The maximum atomic E-state index is 11.9. The number of aromatic nitrogens is 2. The largest absolute Gasteiger partial charge is 0.320 e. The predicted octanol–water partition coefficient (Wildman–Crippen LogP) is 3.11. The summed E-state index contributed by atoms with van der Waals surface area (Å²) in [4.78, 5) is 20.0. The van der Waals surface area contributed by atoms with Crippen LogP contribution in [-0.4, -0.2) is 15.9 Å². The van der Waals surface area contributed by atoms with E-state index in [1.807, 2.05) is 32.0 Å². The van der Waals surface area contributed by atoms with E-state index in [0.717, 1.165) is 21.4 Å². The molecule has 0 aliphatic rings. The molecule has 0 radical (unpaired) electrons. The molecule has 18 heavy (non-hydrogen) atoms. The van der Waals surface area contributed by atoms with Crippen molar-refractivity contribution in [1.29, 1.82) is 0 Å². The molecule has 0 spiro atoms. The number of nitrogens with one attached hydrogen (secondary N) is 1. The molecule has 1 N–H and O–H groups in total. The van der Waals surface area contributed by atoms with E-state index in [9.17, 15) is 4.79 Å². The normalized spacial score (nSPS) is 10.2. The van der Waals surface area contributed by atoms with Crippen LogP contribution in [0.3, 0.4) is 0 Å². The molecule has 0 fully saturated rings. The third-order valence-corrected chi connectivity index (χ3v) is 2.94. The van der Waals surface area contributed by atoms with E-state index in [1.54, 1.807) is 6.20 Å². The fourth-order valence-corrected chi connectivity index (χ4v) is 1.94. The number of halogens is 1. The summed E-state index contributed by atoms with van der Waals surface area (Å²) in [6.45, 7) is 3.76. The summed E-state index contributed by atoms with van der Waals surface area (Å²) in [5.41, 5.74) is 2.85. The topological polar surface area (TPSA) is 54.9 Å². The first kappa shape index (κ1) is 12.7. The van der Waals surface area contributed by atoms with E-state index >= 15 is 0 Å². The number of nitrogens with zero attached hydrogens (tertiary/aromatic N) is 2. The smallest absolute Gasteiger partial charge is 0.275 e. The lowest BCUT2D eigenvalue weighted by Gasteiger charge is -2.08. The van der Waals surface area contributed by atoms with Crippen LogP contribution in [0, 0.1) is 13.8 Å². The molecule has 0 atom stereocenters. The van der Waals surface area contributed by atoms with Crippen molar-refractivity contribution < 1.29 is 4.79 Å². The SMILES string of the molecule is Cc1cnc(C(=O)Nc2ccc(Br)cc2C)cn1. The van der Waals surface area contributed by atoms with Crippen LogP contribution in [0.4, 0.5) is 5.69 Å². The van der Waals surface area contributed by atoms with E-state index in [2.05, 4.69) is 31.2 Å². The van der Waals surface area contributed by atoms with Crippen molar-refractivity contribution in [3.8, 4) is 0 Å². The molecule has 0 aliphatic heterocycles. The quantitative estimate of drug-likeness (QED) is 0.927. The number of carbonyl (C=O) groups excluding carboxylic acids is 1. The lowest BCUT2D eigenvalue weighted by atomic mass is 10.2. The van der Waals surface area contributed by atoms with Crippen LogP contribution in [0.1, 0.15) is 21.7 Å². The van der Waals surface area contributed by atoms with E-state index < -0.39 is 0 Å². The van der Waals surface area contributed by atoms with E-state index in [4.69, 9.17) is 0 Å². The molecule has 2 aromatic rings. The van der Waals surface area contributed by atoms with Crippen molar-refractivity contribution in [1.82, 2.24) is 9.97 Å². The van der Waals surface area contributed by atoms with Gasteiger partial charge >= 0.3 is 0 Å². The second kappa shape index (κ2) is 5.27. The van der Waals surface area contributed by atoms with Gasteiger partial charge in [0.15, 0.2) is 0 Å². The van der Waals surface area contributed by atoms with Crippen LogP contribution in [0.5, 0.6) is 0 Å². The summed E-state index contributed by atoms with van der Waals surface area (Å²) in [7, 11) is 0. The average molecular weight is 306 g/mol. The molecule has 1 aromatic heterocycles. The van der Waals surface area contributed by atoms with Gasteiger partial charge in [0.1, 0.15) is 5.69 Å². The van der Waals surface area contributed by atoms with Crippen LogP contribution >= 0.6 is 15.9 Å². The minimum Gasteiger partial charge on any atom is -0.320 e. The Bertz CT molecular complexity index is 581. The lowest BCUT2D eigenvalue weighted by Crippen LogP contribution is -2.14. The standard InChI is InChI=1S/C13H12BrN3O/c1-8-5-10(14)3-4-11(8)17-13(18)12-7-15-9(2)6-16-12/h3-7H,1-2H3,(H,17,18). The zero-order valence-corrected chi connectivity index (χ0v) is 11.7. The van der Waals surface area contributed by atoms with Gasteiger partial charge < -0.3 is 5.32 Å². The van der Waals surface area contributed by atoms with E-state index in [1.165, 1.54) is 6.20 Å². The number of benzene rings is 1. The summed E-state index contributed by atoms with van der Waals surface area (Å²) in [6, 6.07) is 5.67. The minimum absolute atomic E-state index is 0.257. The average Bonchev–Trinajstić information content (AvgIpc) is 2.33. The molecule has 92 valence electrons. The zero-order chi connectivity index (χ0) is 13.1. The van der Waals surface area contributed by atoms with Gasteiger partial charge in [-0.05, 0) is 37.6 Å². The van der Waals surface area contributed by atoms with Gasteiger partial charge in [0.25, 0.3) is 5.91 Å². The maximum Gasteiger partial charge on any atom is 0.275 e. The van der Waals surface area contributed by atoms with Crippen molar-refractivity contribution in [3.63, 3.8) is 0 Å². The van der Waals surface area contributed by atoms with Crippen molar-refractivity contribution in [2.75, 3.05) is 5.32 Å². The van der Waals surface area contributed by atoms with Crippen LogP contribution in [-0.2, 0) is 0 Å². The number of hydrogen-bond donors (Lipinski definition) is 1. The first-order valence-electron chi connectivity index (χ1n) is 5.42. The van der Waals surface area contributed by atoms with Gasteiger partial charge in [-0.3, -0.25) is 9.78 Å². The third kappa shape index (κ3) is 2.92. The summed E-state index contributed by atoms with van der Waals surface area (Å²) in [6.07, 6.45) is 3.04. The molecular formula is C13H12BrN3O. The molecule has 0 saturated heterocycles. The fourth-order valence-electron chi connectivity index (χ4n) is 1.46. The van der Waals surface area contributed by atoms with Gasteiger partial charge in [-0.1, -0.05) is 15.9 Å². The minimum atomic E-state index is -0.257. The summed E-state index contributed by atoms with van der Waals surface area (Å²) in [5.74, 6) is -0.257. The molecule has 0 saturated carbocycles. The van der Waals surface area contributed by atoms with Gasteiger partial charge in [-0.25, -0.2) is 4.98 Å². The lowest BCUT2D eigenvalue weighted by molar-refractivity contribution is 0.102. The second-order valence-corrected chi connectivity index (χ2v) is 4.87. The Morgan fingerprint density at radius 1 is 1.22 bits per heavy atom. The number of hydrogen-bond acceptors (Lipinski definition) is 3. The van der Waals surface area contributed by atoms with Crippen molar-refractivity contribution in [2.24, 2.45) is 0 Å². The molecule has 0 aliphatic carbocycles. The number of rotatable bonds is 2. The Hall–Kier alpha value is -1.75. The van der Waals surface area contributed by atoms with E-state index in [0.29, 0.717) is 5.69 Å². The Balaban J connectivity index is 2.18. The summed E-state index contributed by atoms with van der Waals surface area (Å²) >= 11 is 3.38. The molecule has 0 unspecified atom stereocenters.